The lowest BCUT2D eigenvalue weighted by Gasteiger charge is -2.30. The Morgan fingerprint density at radius 2 is 1.31 bits per heavy atom. The van der Waals surface area contributed by atoms with Crippen molar-refractivity contribution in [2.45, 2.75) is 102 Å². The van der Waals surface area contributed by atoms with E-state index in [1.165, 1.54) is 14.0 Å². The van der Waals surface area contributed by atoms with Crippen LogP contribution in [-0.4, -0.2) is 208 Å². The number of ketones is 1. The average Bonchev–Trinajstić information content (AvgIpc) is 3.27. The average molecular weight is 1060 g/mol. The molecular weight excluding hydrogens is 977 g/mol. The van der Waals surface area contributed by atoms with Crippen LogP contribution < -0.4 is 21.3 Å². The molecule has 2 rings (SSSR count). The smallest absolute Gasteiger partial charge is 0.323 e. The Kier molecular flexibility index (Phi) is 31.1. The van der Waals surface area contributed by atoms with Crippen molar-refractivity contribution in [2.24, 2.45) is 0 Å². The first-order chi connectivity index (χ1) is 32.0. The minimum atomic E-state index is -1.17. The van der Waals surface area contributed by atoms with E-state index in [4.69, 9.17) is 9.84 Å². The van der Waals surface area contributed by atoms with Gasteiger partial charge in [0.05, 0.1) is 13.2 Å². The zero-order valence-corrected chi connectivity index (χ0v) is 42.7. The number of benzene rings is 1. The molecule has 1 aromatic rings. The van der Waals surface area contributed by atoms with Gasteiger partial charge in [0.25, 0.3) is 0 Å². The third kappa shape index (κ3) is 30.2. The number of urea groups is 1. The van der Waals surface area contributed by atoms with Crippen molar-refractivity contribution in [1.82, 2.24) is 45.8 Å². The number of hydrogen-bond acceptors (Lipinski definition) is 12. The summed E-state index contributed by atoms with van der Waals surface area (Å²) in [5.41, 5.74) is 1.22. The highest BCUT2D eigenvalue weighted by Gasteiger charge is 2.23. The van der Waals surface area contributed by atoms with Gasteiger partial charge in [0.2, 0.25) is 17.7 Å². The molecule has 2 atom stereocenters. The van der Waals surface area contributed by atoms with Crippen LogP contribution in [0.3, 0.4) is 0 Å². The standard InChI is InChI=1S/C47H80IN9O10/c1-37(16-21-44(61)62)51-47(66)50-22-9-6-10-24-57(35-45(63)64)43(60)36-67-33-23-49-46(65)41(15-8-5-7-13-40(58)14-11-12-38-17-19-39(48)20-18-38)52-42(59)34-56-31-29-54(3)27-25-53(2)26-28-55(4)30-32-56/h17-20,37,41H,5-16,21-36H2,1-4H3,(H,49,65)(H,52,59)(H,61,62)(H,63,64)(H2,50,51,66)/t37-,41+/m1/s1. The van der Waals surface area contributed by atoms with Crippen LogP contribution in [0.2, 0.25) is 0 Å². The Labute approximate surface area is 411 Å². The van der Waals surface area contributed by atoms with E-state index in [0.717, 1.165) is 58.5 Å². The first-order valence-corrected chi connectivity index (χ1v) is 25.0. The highest BCUT2D eigenvalue weighted by molar-refractivity contribution is 14.1. The maximum atomic E-state index is 13.6. The van der Waals surface area contributed by atoms with Gasteiger partial charge in [0.15, 0.2) is 0 Å². The summed E-state index contributed by atoms with van der Waals surface area (Å²) in [5, 5.41) is 29.4. The molecule has 0 unspecified atom stereocenters. The molecule has 0 aromatic heterocycles. The molecule has 19 nitrogen and oxygen atoms in total. The second-order valence-electron chi connectivity index (χ2n) is 17.8. The SMILES string of the molecule is C[C@H](CCC(=O)O)NC(=O)NCCCCCN(CC(=O)O)C(=O)COCCNC(=O)[C@H](CCCCCC(=O)CCCc1ccc(I)cc1)NC(=O)CN1CCN(C)CCN(C)CCN(C)CC1. The molecule has 6 N–H and O–H groups in total. The minimum absolute atomic E-state index is 0.0159. The minimum Gasteiger partial charge on any atom is -0.481 e. The van der Waals surface area contributed by atoms with E-state index in [-0.39, 0.29) is 62.9 Å². The normalized spacial score (nSPS) is 15.6. The van der Waals surface area contributed by atoms with Gasteiger partial charge in [0, 0.05) is 101 Å². The fourth-order valence-electron chi connectivity index (χ4n) is 7.31. The number of unbranched alkanes of at least 4 members (excludes halogenated alkanes) is 4. The third-order valence-electron chi connectivity index (χ3n) is 11.6. The molecule has 0 spiro atoms. The number of Topliss-reactive ketones (excluding diaryl/α,β-unsaturated/α-hetero) is 1. The summed E-state index contributed by atoms with van der Waals surface area (Å²) in [4.78, 5) is 97.2. The van der Waals surface area contributed by atoms with Crippen LogP contribution in [0.15, 0.2) is 24.3 Å². The number of rotatable bonds is 31. The molecule has 0 radical (unpaired) electrons. The molecule has 1 heterocycles. The van der Waals surface area contributed by atoms with Gasteiger partial charge in [0.1, 0.15) is 25.0 Å². The first-order valence-electron chi connectivity index (χ1n) is 23.9. The van der Waals surface area contributed by atoms with Crippen molar-refractivity contribution in [1.29, 1.82) is 0 Å². The number of hydrogen-bond donors (Lipinski definition) is 6. The van der Waals surface area contributed by atoms with Crippen LogP contribution >= 0.6 is 22.6 Å². The second-order valence-corrected chi connectivity index (χ2v) is 19.0. The number of carboxylic acid groups (broad SMARTS) is 2. The number of ether oxygens (including phenoxy) is 1. The predicted octanol–water partition coefficient (Wildman–Crippen LogP) is 2.50. The van der Waals surface area contributed by atoms with Crippen LogP contribution in [0.25, 0.3) is 0 Å². The zero-order chi connectivity index (χ0) is 49.4. The van der Waals surface area contributed by atoms with Gasteiger partial charge in [-0.1, -0.05) is 25.0 Å². The number of carboxylic acids is 2. The fraction of sp³-hybridized carbons (Fsp3) is 0.723. The van der Waals surface area contributed by atoms with Gasteiger partial charge < -0.3 is 55.8 Å². The molecule has 1 aromatic carbocycles. The number of aliphatic carboxylic acids is 2. The predicted molar refractivity (Wildman–Crippen MR) is 266 cm³/mol. The van der Waals surface area contributed by atoms with E-state index >= 15 is 0 Å². The number of halogens is 1. The number of aryl methyl sites for hydroxylation is 1. The van der Waals surface area contributed by atoms with Crippen molar-refractivity contribution in [3.63, 3.8) is 0 Å². The number of carbonyl (C=O) groups is 7. The first kappa shape index (κ1) is 59.2. The van der Waals surface area contributed by atoms with Crippen LogP contribution in [-0.2, 0) is 39.9 Å². The lowest BCUT2D eigenvalue weighted by Crippen LogP contribution is -2.51. The largest absolute Gasteiger partial charge is 0.481 e. The molecule has 1 fully saturated rings. The fourth-order valence-corrected chi connectivity index (χ4v) is 7.67. The molecule has 67 heavy (non-hydrogen) atoms. The molecule has 1 aliphatic rings. The summed E-state index contributed by atoms with van der Waals surface area (Å²) in [5.74, 6) is -3.01. The van der Waals surface area contributed by atoms with Gasteiger partial charge in [-0.3, -0.25) is 33.7 Å². The summed E-state index contributed by atoms with van der Waals surface area (Å²) in [6, 6.07) is 6.81. The molecule has 20 heteroatoms. The molecule has 0 saturated carbocycles. The van der Waals surface area contributed by atoms with Crippen molar-refractivity contribution in [3.8, 4) is 0 Å². The number of carbonyl (C=O) groups excluding carboxylic acids is 5. The summed E-state index contributed by atoms with van der Waals surface area (Å²) >= 11 is 2.28. The zero-order valence-electron chi connectivity index (χ0n) is 40.5. The van der Waals surface area contributed by atoms with Gasteiger partial charge in [-0.15, -0.1) is 0 Å². The van der Waals surface area contributed by atoms with E-state index < -0.39 is 36.5 Å². The molecule has 1 saturated heterocycles. The number of amides is 5. The third-order valence-corrected chi connectivity index (χ3v) is 12.4. The maximum Gasteiger partial charge on any atom is 0.323 e. The Morgan fingerprint density at radius 1 is 0.701 bits per heavy atom. The summed E-state index contributed by atoms with van der Waals surface area (Å²) in [7, 11) is 6.30. The van der Waals surface area contributed by atoms with Crippen LogP contribution in [0.4, 0.5) is 4.79 Å². The van der Waals surface area contributed by atoms with Crippen molar-refractivity contribution < 1.29 is 48.5 Å². The topological polar surface area (TPSA) is 234 Å². The van der Waals surface area contributed by atoms with Gasteiger partial charge >= 0.3 is 18.0 Å². The van der Waals surface area contributed by atoms with Crippen molar-refractivity contribution in [3.05, 3.63) is 33.4 Å². The van der Waals surface area contributed by atoms with E-state index in [0.29, 0.717) is 77.4 Å². The molecule has 380 valence electrons. The lowest BCUT2D eigenvalue weighted by atomic mass is 10.0. The monoisotopic (exact) mass is 1060 g/mol. The summed E-state index contributed by atoms with van der Waals surface area (Å²) in [6.45, 7) is 8.32. The van der Waals surface area contributed by atoms with E-state index in [1.54, 1.807) is 6.92 Å². The summed E-state index contributed by atoms with van der Waals surface area (Å²) < 4.78 is 6.73. The Morgan fingerprint density at radius 3 is 1.94 bits per heavy atom. The second kappa shape index (κ2) is 35.2. The Balaban J connectivity index is 1.87. The van der Waals surface area contributed by atoms with Crippen molar-refractivity contribution in [2.75, 3.05) is 119 Å². The van der Waals surface area contributed by atoms with E-state index in [1.807, 2.05) is 0 Å². The van der Waals surface area contributed by atoms with Gasteiger partial charge in [-0.25, -0.2) is 4.79 Å². The highest BCUT2D eigenvalue weighted by Crippen LogP contribution is 2.13. The maximum absolute atomic E-state index is 13.6. The van der Waals surface area contributed by atoms with Crippen LogP contribution in [0.1, 0.15) is 89.5 Å². The van der Waals surface area contributed by atoms with Gasteiger partial charge in [-0.2, -0.15) is 0 Å². The van der Waals surface area contributed by atoms with Crippen LogP contribution in [0.5, 0.6) is 0 Å². The highest BCUT2D eigenvalue weighted by atomic mass is 127. The molecule has 0 bridgehead atoms. The Hall–Kier alpha value is -3.96. The van der Waals surface area contributed by atoms with E-state index in [9.17, 15) is 38.7 Å². The number of nitrogens with one attached hydrogen (secondary N) is 4. The van der Waals surface area contributed by atoms with Crippen LogP contribution in [0, 0.1) is 3.57 Å². The molecule has 5 amide bonds. The molecule has 1 aliphatic heterocycles. The lowest BCUT2D eigenvalue weighted by molar-refractivity contribution is -0.146. The molecular formula is C47H80IN9O10. The number of likely N-dealkylation sites (N-methyl/N-ethyl adjacent to an activating group) is 3. The quantitative estimate of drug-likeness (QED) is 0.0464. The Bertz CT molecular complexity index is 1620. The van der Waals surface area contributed by atoms with Gasteiger partial charge in [-0.05, 0) is 120 Å². The molecule has 0 aliphatic carbocycles. The van der Waals surface area contributed by atoms with Crippen molar-refractivity contribution >= 4 is 64.1 Å². The summed E-state index contributed by atoms with van der Waals surface area (Å²) in [6.07, 6.45) is 7.06. The number of nitrogens with zero attached hydrogens (tertiary/aromatic N) is 5. The van der Waals surface area contributed by atoms with E-state index in [2.05, 4.69) is 109 Å².